The number of benzene rings is 1. The third kappa shape index (κ3) is 3.11. The van der Waals surface area contributed by atoms with E-state index in [2.05, 4.69) is 21.2 Å². The maximum atomic E-state index is 14.2. The summed E-state index contributed by atoms with van der Waals surface area (Å²) in [6.07, 6.45) is 2.14. The number of hydrogen-bond donors (Lipinski definition) is 1. The molecule has 0 bridgehead atoms. The first-order valence-electron chi connectivity index (χ1n) is 6.49. The molecule has 1 N–H and O–H groups in total. The standard InChI is InChI=1S/C14H19BrFNO/c1-2-17-14(10-5-4-8-18-9-10)11-6-3-7-12(15)13(11)16/h3,6-7,10,14,17H,2,4-5,8-9H2,1H3. The Bertz CT molecular complexity index is 393. The fraction of sp³-hybridized carbons (Fsp3) is 0.571. The van der Waals surface area contributed by atoms with Gasteiger partial charge in [-0.05, 0) is 41.4 Å². The topological polar surface area (TPSA) is 21.3 Å². The minimum absolute atomic E-state index is 0.0350. The van der Waals surface area contributed by atoms with Gasteiger partial charge in [-0.1, -0.05) is 19.1 Å². The Morgan fingerprint density at radius 1 is 1.56 bits per heavy atom. The van der Waals surface area contributed by atoms with Gasteiger partial charge in [-0.25, -0.2) is 4.39 Å². The zero-order valence-electron chi connectivity index (χ0n) is 10.6. The van der Waals surface area contributed by atoms with Gasteiger partial charge < -0.3 is 10.1 Å². The molecule has 1 aromatic rings. The minimum Gasteiger partial charge on any atom is -0.381 e. The van der Waals surface area contributed by atoms with Crippen molar-refractivity contribution in [3.05, 3.63) is 34.1 Å². The summed E-state index contributed by atoms with van der Waals surface area (Å²) >= 11 is 3.26. The van der Waals surface area contributed by atoms with Gasteiger partial charge in [0.15, 0.2) is 0 Å². The summed E-state index contributed by atoms with van der Waals surface area (Å²) in [5.41, 5.74) is 0.738. The van der Waals surface area contributed by atoms with Gasteiger partial charge in [0.1, 0.15) is 5.82 Å². The summed E-state index contributed by atoms with van der Waals surface area (Å²) in [7, 11) is 0. The largest absolute Gasteiger partial charge is 0.381 e. The summed E-state index contributed by atoms with van der Waals surface area (Å²) in [5, 5.41) is 3.40. The predicted octanol–water partition coefficient (Wildman–Crippen LogP) is 3.67. The number of hydrogen-bond acceptors (Lipinski definition) is 2. The molecule has 0 aliphatic carbocycles. The van der Waals surface area contributed by atoms with Crippen molar-refractivity contribution in [2.75, 3.05) is 19.8 Å². The van der Waals surface area contributed by atoms with E-state index in [-0.39, 0.29) is 11.9 Å². The van der Waals surface area contributed by atoms with Gasteiger partial charge in [-0.15, -0.1) is 0 Å². The van der Waals surface area contributed by atoms with Gasteiger partial charge in [0.2, 0.25) is 0 Å². The van der Waals surface area contributed by atoms with Gasteiger partial charge in [0.05, 0.1) is 11.1 Å². The van der Waals surface area contributed by atoms with Crippen LogP contribution in [0.2, 0.25) is 0 Å². The maximum absolute atomic E-state index is 14.2. The second-order valence-corrected chi connectivity index (χ2v) is 5.51. The lowest BCUT2D eigenvalue weighted by molar-refractivity contribution is 0.0387. The van der Waals surface area contributed by atoms with E-state index >= 15 is 0 Å². The van der Waals surface area contributed by atoms with Crippen molar-refractivity contribution in [1.29, 1.82) is 0 Å². The molecule has 1 aliphatic rings. The average Bonchev–Trinajstić information content (AvgIpc) is 2.41. The Labute approximate surface area is 116 Å². The van der Waals surface area contributed by atoms with Gasteiger partial charge >= 0.3 is 0 Å². The Hall–Kier alpha value is -0.450. The highest BCUT2D eigenvalue weighted by atomic mass is 79.9. The number of ether oxygens (including phenoxy) is 1. The molecule has 0 radical (unpaired) electrons. The van der Waals surface area contributed by atoms with Crippen molar-refractivity contribution in [3.8, 4) is 0 Å². The van der Waals surface area contributed by atoms with Gasteiger partial charge in [0, 0.05) is 24.1 Å². The van der Waals surface area contributed by atoms with Crippen LogP contribution in [0.25, 0.3) is 0 Å². The van der Waals surface area contributed by atoms with Crippen LogP contribution in [0.3, 0.4) is 0 Å². The highest BCUT2D eigenvalue weighted by Crippen LogP contribution is 2.32. The van der Waals surface area contributed by atoms with Gasteiger partial charge in [-0.2, -0.15) is 0 Å². The van der Waals surface area contributed by atoms with Crippen molar-refractivity contribution in [3.63, 3.8) is 0 Å². The molecule has 18 heavy (non-hydrogen) atoms. The summed E-state index contributed by atoms with van der Waals surface area (Å²) in [4.78, 5) is 0. The molecule has 1 aliphatic heterocycles. The summed E-state index contributed by atoms with van der Waals surface area (Å²) in [6, 6.07) is 5.52. The number of nitrogens with one attached hydrogen (secondary N) is 1. The lowest BCUT2D eigenvalue weighted by Crippen LogP contribution is -2.34. The maximum Gasteiger partial charge on any atom is 0.142 e. The number of halogens is 2. The zero-order valence-corrected chi connectivity index (χ0v) is 12.2. The molecular weight excluding hydrogens is 297 g/mol. The molecule has 1 saturated heterocycles. The first kappa shape index (κ1) is 14.0. The third-order valence-corrected chi connectivity index (χ3v) is 4.02. The monoisotopic (exact) mass is 315 g/mol. The molecule has 2 nitrogen and oxygen atoms in total. The summed E-state index contributed by atoms with van der Waals surface area (Å²) in [5.74, 6) is 0.191. The van der Waals surface area contributed by atoms with E-state index in [1.165, 1.54) is 0 Å². The van der Waals surface area contributed by atoms with Crippen LogP contribution in [0.4, 0.5) is 4.39 Å². The van der Waals surface area contributed by atoms with E-state index in [4.69, 9.17) is 4.74 Å². The minimum atomic E-state index is -0.158. The first-order chi connectivity index (χ1) is 8.74. The van der Waals surface area contributed by atoms with Crippen molar-refractivity contribution in [1.82, 2.24) is 5.32 Å². The third-order valence-electron chi connectivity index (χ3n) is 3.41. The summed E-state index contributed by atoms with van der Waals surface area (Å²) < 4.78 is 20.3. The SMILES string of the molecule is CCNC(c1cccc(Br)c1F)C1CCCOC1. The first-order valence-corrected chi connectivity index (χ1v) is 7.28. The van der Waals surface area contributed by atoms with E-state index in [1.54, 1.807) is 6.07 Å². The summed E-state index contributed by atoms with van der Waals surface area (Å²) in [6.45, 7) is 4.42. The second-order valence-electron chi connectivity index (χ2n) is 4.66. The van der Waals surface area contributed by atoms with E-state index < -0.39 is 0 Å². The molecule has 0 saturated carbocycles. The molecule has 0 aromatic heterocycles. The molecule has 2 rings (SSSR count). The van der Waals surface area contributed by atoms with Crippen LogP contribution in [0, 0.1) is 11.7 Å². The molecule has 0 spiro atoms. The Balaban J connectivity index is 2.25. The smallest absolute Gasteiger partial charge is 0.142 e. The normalized spacial score (nSPS) is 21.8. The van der Waals surface area contributed by atoms with Crippen molar-refractivity contribution in [2.45, 2.75) is 25.8 Å². The van der Waals surface area contributed by atoms with Crippen LogP contribution in [-0.4, -0.2) is 19.8 Å². The molecule has 1 aromatic carbocycles. The molecule has 100 valence electrons. The van der Waals surface area contributed by atoms with Crippen LogP contribution < -0.4 is 5.32 Å². The van der Waals surface area contributed by atoms with Crippen molar-refractivity contribution >= 4 is 15.9 Å². The predicted molar refractivity (Wildman–Crippen MR) is 74.1 cm³/mol. The Morgan fingerprint density at radius 3 is 3.06 bits per heavy atom. The van der Waals surface area contributed by atoms with E-state index in [0.717, 1.165) is 31.6 Å². The van der Waals surface area contributed by atoms with Crippen molar-refractivity contribution in [2.24, 2.45) is 5.92 Å². The van der Waals surface area contributed by atoms with Crippen LogP contribution in [0.15, 0.2) is 22.7 Å². The van der Waals surface area contributed by atoms with Crippen molar-refractivity contribution < 1.29 is 9.13 Å². The molecular formula is C14H19BrFNO. The second kappa shape index (κ2) is 6.64. The number of rotatable bonds is 4. The highest BCUT2D eigenvalue weighted by Gasteiger charge is 2.27. The Morgan fingerprint density at radius 2 is 2.39 bits per heavy atom. The Kier molecular flexibility index (Phi) is 5.15. The molecule has 2 atom stereocenters. The quantitative estimate of drug-likeness (QED) is 0.915. The lowest BCUT2D eigenvalue weighted by atomic mass is 9.88. The fourth-order valence-corrected chi connectivity index (χ4v) is 2.92. The highest BCUT2D eigenvalue weighted by molar-refractivity contribution is 9.10. The van der Waals surface area contributed by atoms with E-state index in [9.17, 15) is 4.39 Å². The average molecular weight is 316 g/mol. The molecule has 1 heterocycles. The van der Waals surface area contributed by atoms with Crippen LogP contribution in [0.5, 0.6) is 0 Å². The molecule has 1 fully saturated rings. The van der Waals surface area contributed by atoms with Crippen LogP contribution in [-0.2, 0) is 4.74 Å². The molecule has 0 amide bonds. The van der Waals surface area contributed by atoms with Gasteiger partial charge in [0.25, 0.3) is 0 Å². The molecule has 2 unspecified atom stereocenters. The van der Waals surface area contributed by atoms with E-state index in [0.29, 0.717) is 17.0 Å². The van der Waals surface area contributed by atoms with Crippen LogP contribution in [0.1, 0.15) is 31.4 Å². The van der Waals surface area contributed by atoms with E-state index in [1.807, 2.05) is 19.1 Å². The van der Waals surface area contributed by atoms with Gasteiger partial charge in [-0.3, -0.25) is 0 Å². The molecule has 4 heteroatoms. The fourth-order valence-electron chi connectivity index (χ4n) is 2.54. The van der Waals surface area contributed by atoms with Crippen LogP contribution >= 0.6 is 15.9 Å². The lowest BCUT2D eigenvalue weighted by Gasteiger charge is -2.31. The zero-order chi connectivity index (χ0) is 13.0.